The number of nitrogens with two attached hydrogens (primary N) is 3. The van der Waals surface area contributed by atoms with Crippen LogP contribution in [0.2, 0.25) is 0 Å². The van der Waals surface area contributed by atoms with Crippen LogP contribution in [0.1, 0.15) is 26.3 Å². The number of carbonyl (C=O) groups is 2. The van der Waals surface area contributed by atoms with Crippen molar-refractivity contribution in [2.24, 2.45) is 17.2 Å². The Hall–Kier alpha value is -2.37. The van der Waals surface area contributed by atoms with Crippen LogP contribution < -0.4 is 17.2 Å². The maximum atomic E-state index is 11.1. The van der Waals surface area contributed by atoms with Gasteiger partial charge in [-0.15, -0.1) is 0 Å². The predicted octanol–water partition coefficient (Wildman–Crippen LogP) is -0.832. The Balaban J connectivity index is 3.56. The number of hydrogen-bond acceptors (Lipinski definition) is 3. The van der Waals surface area contributed by atoms with Crippen molar-refractivity contribution < 1.29 is 9.59 Å². The molecule has 0 aliphatic carbocycles. The van der Waals surface area contributed by atoms with Gasteiger partial charge in [-0.05, 0) is 6.07 Å². The quantitative estimate of drug-likeness (QED) is 0.379. The molecule has 7 N–H and O–H groups in total. The highest BCUT2D eigenvalue weighted by atomic mass is 16.2. The number of hydrogen-bond donors (Lipinski definition) is 4. The van der Waals surface area contributed by atoms with Gasteiger partial charge < -0.3 is 17.2 Å². The number of nitrogens with one attached hydrogen (secondary N) is 1. The van der Waals surface area contributed by atoms with Gasteiger partial charge in [0.05, 0.1) is 11.1 Å². The first kappa shape index (κ1) is 10.7. The van der Waals surface area contributed by atoms with Crippen LogP contribution in [0.15, 0.2) is 18.2 Å². The number of amides is 2. The second kappa shape index (κ2) is 3.79. The summed E-state index contributed by atoms with van der Waals surface area (Å²) in [6.07, 6.45) is 0. The molecule has 0 saturated heterocycles. The molecule has 0 spiro atoms. The van der Waals surface area contributed by atoms with Gasteiger partial charge in [0.15, 0.2) is 0 Å². The number of amidine groups is 1. The molecule has 0 unspecified atom stereocenters. The SMILES string of the molecule is N=C(N)c1cccc(C(N)=O)c1C(N)=O. The number of benzene rings is 1. The van der Waals surface area contributed by atoms with E-state index in [2.05, 4.69) is 0 Å². The highest BCUT2D eigenvalue weighted by molar-refractivity contribution is 6.13. The molecule has 1 aromatic carbocycles. The van der Waals surface area contributed by atoms with Crippen LogP contribution in [-0.2, 0) is 0 Å². The molecular weight excluding hydrogens is 196 g/mol. The number of rotatable bonds is 3. The van der Waals surface area contributed by atoms with Gasteiger partial charge in [-0.3, -0.25) is 15.0 Å². The van der Waals surface area contributed by atoms with Gasteiger partial charge in [0.2, 0.25) is 11.8 Å². The lowest BCUT2D eigenvalue weighted by Gasteiger charge is -2.08. The molecule has 1 aromatic rings. The maximum absolute atomic E-state index is 11.1. The Morgan fingerprint density at radius 2 is 1.53 bits per heavy atom. The summed E-state index contributed by atoms with van der Waals surface area (Å²) in [4.78, 5) is 22.1. The zero-order valence-electron chi connectivity index (χ0n) is 7.78. The molecule has 0 aliphatic rings. The van der Waals surface area contributed by atoms with Crippen molar-refractivity contribution in [2.75, 3.05) is 0 Å². The average molecular weight is 206 g/mol. The zero-order valence-corrected chi connectivity index (χ0v) is 7.78. The fourth-order valence-corrected chi connectivity index (χ4v) is 1.25. The van der Waals surface area contributed by atoms with Gasteiger partial charge in [0.25, 0.3) is 0 Å². The molecule has 0 atom stereocenters. The van der Waals surface area contributed by atoms with E-state index in [1.54, 1.807) is 0 Å². The van der Waals surface area contributed by atoms with E-state index in [0.29, 0.717) is 0 Å². The van der Waals surface area contributed by atoms with Crippen molar-refractivity contribution in [3.05, 3.63) is 34.9 Å². The third-order valence-corrected chi connectivity index (χ3v) is 1.87. The smallest absolute Gasteiger partial charge is 0.250 e. The van der Waals surface area contributed by atoms with Crippen molar-refractivity contribution in [3.63, 3.8) is 0 Å². The monoisotopic (exact) mass is 206 g/mol. The Morgan fingerprint density at radius 3 is 1.93 bits per heavy atom. The normalized spacial score (nSPS) is 9.60. The molecule has 0 bridgehead atoms. The van der Waals surface area contributed by atoms with E-state index < -0.39 is 11.8 Å². The van der Waals surface area contributed by atoms with Crippen molar-refractivity contribution in [3.8, 4) is 0 Å². The largest absolute Gasteiger partial charge is 0.384 e. The Labute approximate surface area is 85.6 Å². The van der Waals surface area contributed by atoms with E-state index in [1.807, 2.05) is 0 Å². The predicted molar refractivity (Wildman–Crippen MR) is 54.5 cm³/mol. The Bertz CT molecular complexity index is 421. The van der Waals surface area contributed by atoms with Gasteiger partial charge in [0.1, 0.15) is 5.84 Å². The third-order valence-electron chi connectivity index (χ3n) is 1.87. The van der Waals surface area contributed by atoms with Crippen molar-refractivity contribution in [2.45, 2.75) is 0 Å². The summed E-state index contributed by atoms with van der Waals surface area (Å²) in [6.45, 7) is 0. The molecule has 15 heavy (non-hydrogen) atoms. The molecule has 1 rings (SSSR count). The zero-order chi connectivity index (χ0) is 11.6. The van der Waals surface area contributed by atoms with Crippen LogP contribution in [0.4, 0.5) is 0 Å². The molecule has 0 aliphatic heterocycles. The third kappa shape index (κ3) is 1.93. The molecule has 0 aromatic heterocycles. The molecule has 0 fully saturated rings. The van der Waals surface area contributed by atoms with Crippen molar-refractivity contribution >= 4 is 17.6 Å². The number of primary amides is 2. The van der Waals surface area contributed by atoms with Gasteiger partial charge >= 0.3 is 0 Å². The fourth-order valence-electron chi connectivity index (χ4n) is 1.25. The molecule has 0 radical (unpaired) electrons. The van der Waals surface area contributed by atoms with Gasteiger partial charge in [-0.25, -0.2) is 0 Å². The van der Waals surface area contributed by atoms with Gasteiger partial charge in [-0.2, -0.15) is 0 Å². The van der Waals surface area contributed by atoms with Crippen LogP contribution >= 0.6 is 0 Å². The van der Waals surface area contributed by atoms with Crippen LogP contribution in [0.3, 0.4) is 0 Å². The summed E-state index contributed by atoms with van der Waals surface area (Å²) in [5.74, 6) is -1.96. The van der Waals surface area contributed by atoms with E-state index in [0.717, 1.165) is 0 Å². The van der Waals surface area contributed by atoms with E-state index >= 15 is 0 Å². The minimum absolute atomic E-state index is 0.0322. The first-order valence-electron chi connectivity index (χ1n) is 4.02. The van der Waals surface area contributed by atoms with Crippen LogP contribution in [0, 0.1) is 5.41 Å². The summed E-state index contributed by atoms with van der Waals surface area (Å²) in [5, 5.41) is 7.23. The summed E-state index contributed by atoms with van der Waals surface area (Å²) >= 11 is 0. The highest BCUT2D eigenvalue weighted by Gasteiger charge is 2.18. The van der Waals surface area contributed by atoms with Crippen molar-refractivity contribution in [1.82, 2.24) is 0 Å². The van der Waals surface area contributed by atoms with Crippen molar-refractivity contribution in [1.29, 1.82) is 5.41 Å². The maximum Gasteiger partial charge on any atom is 0.250 e. The number of carbonyl (C=O) groups excluding carboxylic acids is 2. The lowest BCUT2D eigenvalue weighted by Crippen LogP contribution is -2.25. The minimum Gasteiger partial charge on any atom is -0.384 e. The first-order chi connectivity index (χ1) is 6.95. The molecule has 2 amide bonds. The molecule has 6 nitrogen and oxygen atoms in total. The minimum atomic E-state index is -0.838. The topological polar surface area (TPSA) is 136 Å². The summed E-state index contributed by atoms with van der Waals surface area (Å²) in [6, 6.07) is 4.26. The van der Waals surface area contributed by atoms with Gasteiger partial charge in [-0.1, -0.05) is 12.1 Å². The van der Waals surface area contributed by atoms with Crippen LogP contribution in [-0.4, -0.2) is 17.6 Å². The molecule has 6 heteroatoms. The standard InChI is InChI=1S/C9H10N4O2/c10-7(11)4-2-1-3-5(8(12)14)6(4)9(13)15/h1-3H,(H3,10,11)(H2,12,14)(H2,13,15). The lowest BCUT2D eigenvalue weighted by molar-refractivity contribution is 0.0967. The second-order valence-corrected chi connectivity index (χ2v) is 2.87. The van der Waals surface area contributed by atoms with Gasteiger partial charge in [0, 0.05) is 5.56 Å². The highest BCUT2D eigenvalue weighted by Crippen LogP contribution is 2.13. The van der Waals surface area contributed by atoms with Crippen LogP contribution in [0.5, 0.6) is 0 Å². The Kier molecular flexibility index (Phi) is 2.70. The lowest BCUT2D eigenvalue weighted by atomic mass is 9.99. The molecule has 0 saturated carbocycles. The summed E-state index contributed by atoms with van der Waals surface area (Å²) < 4.78 is 0. The number of nitrogen functional groups attached to an aromatic ring is 1. The van der Waals surface area contributed by atoms with Crippen LogP contribution in [0.25, 0.3) is 0 Å². The summed E-state index contributed by atoms with van der Waals surface area (Å²) in [7, 11) is 0. The van der Waals surface area contributed by atoms with E-state index in [4.69, 9.17) is 22.6 Å². The molecular formula is C9H10N4O2. The van der Waals surface area contributed by atoms with E-state index in [-0.39, 0.29) is 22.5 Å². The molecule has 78 valence electrons. The first-order valence-corrected chi connectivity index (χ1v) is 4.02. The van der Waals surface area contributed by atoms with E-state index in [1.165, 1.54) is 18.2 Å². The second-order valence-electron chi connectivity index (χ2n) is 2.87. The fraction of sp³-hybridized carbons (Fsp3) is 0. The average Bonchev–Trinajstić information content (AvgIpc) is 2.16. The summed E-state index contributed by atoms with van der Waals surface area (Å²) in [5.41, 5.74) is 15.4. The van der Waals surface area contributed by atoms with E-state index in [9.17, 15) is 9.59 Å². The molecule has 0 heterocycles. The Morgan fingerprint density at radius 1 is 1.00 bits per heavy atom.